The molecule has 1 aromatic carbocycles. The van der Waals surface area contributed by atoms with Crippen LogP contribution in [0.1, 0.15) is 21.9 Å². The molecular weight excluding hydrogens is 488 g/mol. The first-order valence-corrected chi connectivity index (χ1v) is 12.3. The number of carbonyl (C=O) groups excluding carboxylic acids is 1. The lowest BCUT2D eigenvalue weighted by Crippen LogP contribution is -2.49. The maximum atomic E-state index is 13.1. The summed E-state index contributed by atoms with van der Waals surface area (Å²) in [6.45, 7) is 2.59. The molecule has 14 heteroatoms. The molecule has 0 bridgehead atoms. The molecule has 0 radical (unpaired) electrons. The second kappa shape index (κ2) is 10.1. The van der Waals surface area contributed by atoms with E-state index in [1.165, 1.54) is 40.8 Å². The van der Waals surface area contributed by atoms with Gasteiger partial charge in [-0.25, -0.2) is 18.4 Å². The molecule has 2 N–H and O–H groups in total. The fraction of sp³-hybridized carbons (Fsp3) is 0.273. The standard InChI is InChI=1S/C22H22N8O5S/c1-15-12-17(13-23)26-22(24-15)28-8-10-30(11-9-28)36(34,35)18-4-2-16(3-5-18)25-21(33)19-6-7-29(27-19)14-20(31)32/h2-7,12H,8-11,14H2,1H3,(H,25,33)(H,31,32). The molecule has 36 heavy (non-hydrogen) atoms. The number of hydrogen-bond donors (Lipinski definition) is 2. The second-order valence-corrected chi connectivity index (χ2v) is 9.91. The topological polar surface area (TPSA) is 174 Å². The smallest absolute Gasteiger partial charge is 0.325 e. The summed E-state index contributed by atoms with van der Waals surface area (Å²) in [4.78, 5) is 33.6. The lowest BCUT2D eigenvalue weighted by atomic mass is 10.3. The summed E-state index contributed by atoms with van der Waals surface area (Å²) in [7, 11) is -3.76. The van der Waals surface area contributed by atoms with Crippen molar-refractivity contribution in [1.82, 2.24) is 24.1 Å². The minimum atomic E-state index is -3.76. The molecule has 1 amide bonds. The fourth-order valence-corrected chi connectivity index (χ4v) is 5.07. The summed E-state index contributed by atoms with van der Waals surface area (Å²) >= 11 is 0. The number of benzene rings is 1. The van der Waals surface area contributed by atoms with Crippen LogP contribution in [0.3, 0.4) is 0 Å². The first-order chi connectivity index (χ1) is 17.2. The van der Waals surface area contributed by atoms with E-state index in [9.17, 15) is 18.0 Å². The van der Waals surface area contributed by atoms with Gasteiger partial charge in [-0.2, -0.15) is 14.7 Å². The Morgan fingerprint density at radius 2 is 1.81 bits per heavy atom. The molecule has 0 unspecified atom stereocenters. The summed E-state index contributed by atoms with van der Waals surface area (Å²) in [5, 5.41) is 24.4. The fourth-order valence-electron chi connectivity index (χ4n) is 3.64. The number of aliphatic carboxylic acids is 1. The number of carboxylic acids is 1. The van der Waals surface area contributed by atoms with Gasteiger partial charge < -0.3 is 15.3 Å². The van der Waals surface area contributed by atoms with E-state index in [-0.39, 0.29) is 35.9 Å². The SMILES string of the molecule is Cc1cc(C#N)nc(N2CCN(S(=O)(=O)c3ccc(NC(=O)c4ccn(CC(=O)O)n4)cc3)CC2)n1. The number of nitriles is 1. The molecule has 1 aliphatic heterocycles. The zero-order valence-corrected chi connectivity index (χ0v) is 20.0. The van der Waals surface area contributed by atoms with Crippen LogP contribution in [-0.4, -0.2) is 75.6 Å². The Hall–Kier alpha value is -4.35. The molecule has 4 rings (SSSR count). The third-order valence-electron chi connectivity index (χ3n) is 5.40. The maximum Gasteiger partial charge on any atom is 0.325 e. The van der Waals surface area contributed by atoms with Crippen molar-refractivity contribution in [3.8, 4) is 6.07 Å². The van der Waals surface area contributed by atoms with Crippen molar-refractivity contribution < 1.29 is 23.1 Å². The highest BCUT2D eigenvalue weighted by molar-refractivity contribution is 7.89. The van der Waals surface area contributed by atoms with Crippen LogP contribution in [-0.2, 0) is 21.4 Å². The Balaban J connectivity index is 1.38. The van der Waals surface area contributed by atoms with Crippen molar-refractivity contribution in [1.29, 1.82) is 5.26 Å². The lowest BCUT2D eigenvalue weighted by Gasteiger charge is -2.34. The van der Waals surface area contributed by atoms with Gasteiger partial charge >= 0.3 is 5.97 Å². The minimum Gasteiger partial charge on any atom is -0.480 e. The average Bonchev–Trinajstić information content (AvgIpc) is 3.32. The van der Waals surface area contributed by atoms with Crippen molar-refractivity contribution >= 4 is 33.5 Å². The lowest BCUT2D eigenvalue weighted by molar-refractivity contribution is -0.137. The first kappa shape index (κ1) is 24.8. The highest BCUT2D eigenvalue weighted by atomic mass is 32.2. The van der Waals surface area contributed by atoms with Gasteiger partial charge in [0, 0.05) is 43.8 Å². The second-order valence-electron chi connectivity index (χ2n) is 7.97. The molecule has 1 aliphatic rings. The van der Waals surface area contributed by atoms with Gasteiger partial charge in [-0.15, -0.1) is 0 Å². The van der Waals surface area contributed by atoms with Gasteiger partial charge in [-0.1, -0.05) is 0 Å². The number of carboxylic acid groups (broad SMARTS) is 1. The monoisotopic (exact) mass is 510 g/mol. The van der Waals surface area contributed by atoms with Crippen molar-refractivity contribution in [3.63, 3.8) is 0 Å². The van der Waals surface area contributed by atoms with Gasteiger partial charge in [0.25, 0.3) is 5.91 Å². The average molecular weight is 511 g/mol. The van der Waals surface area contributed by atoms with Crippen molar-refractivity contribution in [3.05, 3.63) is 59.7 Å². The number of sulfonamides is 1. The zero-order chi connectivity index (χ0) is 25.9. The summed E-state index contributed by atoms with van der Waals surface area (Å²) in [6, 6.07) is 10.7. The Morgan fingerprint density at radius 3 is 2.44 bits per heavy atom. The predicted octanol–water partition coefficient (Wildman–Crippen LogP) is 0.701. The van der Waals surface area contributed by atoms with E-state index in [0.29, 0.717) is 30.4 Å². The Labute approximate surface area is 206 Å². The summed E-state index contributed by atoms with van der Waals surface area (Å²) in [5.41, 5.74) is 1.31. The maximum absolute atomic E-state index is 13.1. The predicted molar refractivity (Wildman–Crippen MR) is 127 cm³/mol. The molecule has 13 nitrogen and oxygen atoms in total. The Morgan fingerprint density at radius 1 is 1.11 bits per heavy atom. The van der Waals surface area contributed by atoms with Crippen molar-refractivity contribution in [2.24, 2.45) is 0 Å². The molecule has 0 spiro atoms. The summed E-state index contributed by atoms with van der Waals surface area (Å²) in [6.07, 6.45) is 1.38. The molecule has 0 aliphatic carbocycles. The third-order valence-corrected chi connectivity index (χ3v) is 7.31. The number of carbonyl (C=O) groups is 2. The molecule has 1 fully saturated rings. The number of anilines is 2. The van der Waals surface area contributed by atoms with E-state index in [1.54, 1.807) is 13.0 Å². The first-order valence-electron chi connectivity index (χ1n) is 10.8. The van der Waals surface area contributed by atoms with Gasteiger partial charge in [0.15, 0.2) is 5.69 Å². The molecule has 3 aromatic rings. The van der Waals surface area contributed by atoms with Gasteiger partial charge in [0.1, 0.15) is 18.3 Å². The van der Waals surface area contributed by atoms with E-state index in [0.717, 1.165) is 4.68 Å². The van der Waals surface area contributed by atoms with E-state index in [4.69, 9.17) is 10.4 Å². The number of nitrogens with zero attached hydrogens (tertiary/aromatic N) is 7. The number of piperazine rings is 1. The van der Waals surface area contributed by atoms with Crippen LogP contribution in [0.4, 0.5) is 11.6 Å². The van der Waals surface area contributed by atoms with Crippen LogP contribution >= 0.6 is 0 Å². The van der Waals surface area contributed by atoms with Crippen LogP contribution in [0, 0.1) is 18.3 Å². The number of aromatic nitrogens is 4. The van der Waals surface area contributed by atoms with Gasteiger partial charge in [0.2, 0.25) is 16.0 Å². The number of nitrogens with one attached hydrogen (secondary N) is 1. The quantitative estimate of drug-likeness (QED) is 0.460. The number of rotatable bonds is 7. The number of aryl methyl sites for hydroxylation is 1. The van der Waals surface area contributed by atoms with Crippen molar-refractivity contribution in [2.45, 2.75) is 18.4 Å². The molecule has 0 saturated carbocycles. The van der Waals surface area contributed by atoms with Crippen LogP contribution in [0.15, 0.2) is 47.5 Å². The molecule has 0 atom stereocenters. The normalized spacial score (nSPS) is 14.3. The minimum absolute atomic E-state index is 0.0327. The number of hydrogen-bond acceptors (Lipinski definition) is 9. The third kappa shape index (κ3) is 5.48. The van der Waals surface area contributed by atoms with Gasteiger partial charge in [0.05, 0.1) is 4.90 Å². The largest absolute Gasteiger partial charge is 0.480 e. The van der Waals surface area contributed by atoms with E-state index in [2.05, 4.69) is 20.4 Å². The summed E-state index contributed by atoms with van der Waals surface area (Å²) < 4.78 is 28.7. The van der Waals surface area contributed by atoms with Crippen molar-refractivity contribution in [2.75, 3.05) is 36.4 Å². The Bertz CT molecular complexity index is 1440. The van der Waals surface area contributed by atoms with Gasteiger partial charge in [-0.3, -0.25) is 14.3 Å². The number of amides is 1. The van der Waals surface area contributed by atoms with E-state index >= 15 is 0 Å². The summed E-state index contributed by atoms with van der Waals surface area (Å²) in [5.74, 6) is -1.24. The Kier molecular flexibility index (Phi) is 6.95. The zero-order valence-electron chi connectivity index (χ0n) is 19.2. The van der Waals surface area contributed by atoms with E-state index in [1.807, 2.05) is 11.0 Å². The van der Waals surface area contributed by atoms with Gasteiger partial charge in [-0.05, 0) is 43.3 Å². The van der Waals surface area contributed by atoms with Crippen LogP contribution in [0.5, 0.6) is 0 Å². The molecule has 1 saturated heterocycles. The highest BCUT2D eigenvalue weighted by Crippen LogP contribution is 2.21. The highest BCUT2D eigenvalue weighted by Gasteiger charge is 2.29. The molecule has 186 valence electrons. The van der Waals surface area contributed by atoms with Crippen LogP contribution in [0.25, 0.3) is 0 Å². The van der Waals surface area contributed by atoms with E-state index < -0.39 is 21.9 Å². The van der Waals surface area contributed by atoms with Crippen LogP contribution < -0.4 is 10.2 Å². The molecule has 2 aromatic heterocycles. The molecule has 3 heterocycles. The van der Waals surface area contributed by atoms with Crippen LogP contribution in [0.2, 0.25) is 0 Å². The molecular formula is C22H22N8O5S.